The second kappa shape index (κ2) is 5.83. The van der Waals surface area contributed by atoms with Crippen LogP contribution in [-0.4, -0.2) is 21.5 Å². The number of hydrogen-bond acceptors (Lipinski definition) is 3. The molecule has 0 saturated carbocycles. The predicted molar refractivity (Wildman–Crippen MR) is 63.2 cm³/mol. The molecule has 2 aromatic rings. The lowest BCUT2D eigenvalue weighted by Gasteiger charge is -2.03. The van der Waals surface area contributed by atoms with Gasteiger partial charge in [0.15, 0.2) is 17.5 Å². The molecule has 0 fully saturated rings. The summed E-state index contributed by atoms with van der Waals surface area (Å²) in [6.07, 6.45) is 3.84. The van der Waals surface area contributed by atoms with Crippen LogP contribution >= 0.6 is 0 Å². The van der Waals surface area contributed by atoms with Crippen molar-refractivity contribution in [1.29, 1.82) is 0 Å². The van der Waals surface area contributed by atoms with Gasteiger partial charge in [0.1, 0.15) is 5.69 Å². The van der Waals surface area contributed by atoms with Crippen LogP contribution in [0.2, 0.25) is 0 Å². The maximum atomic E-state index is 13.5. The van der Waals surface area contributed by atoms with Gasteiger partial charge in [-0.25, -0.2) is 17.9 Å². The second-order valence-corrected chi connectivity index (χ2v) is 4.09. The first kappa shape index (κ1) is 13.5. The summed E-state index contributed by atoms with van der Waals surface area (Å²) >= 11 is 0. The van der Waals surface area contributed by atoms with Gasteiger partial charge in [0.25, 0.3) is 0 Å². The van der Waals surface area contributed by atoms with Crippen LogP contribution in [0.25, 0.3) is 5.69 Å². The van der Waals surface area contributed by atoms with E-state index >= 15 is 0 Å². The summed E-state index contributed by atoms with van der Waals surface area (Å²) in [6.45, 7) is 0.589. The third kappa shape index (κ3) is 2.93. The highest BCUT2D eigenvalue weighted by atomic mass is 19.2. The summed E-state index contributed by atoms with van der Waals surface area (Å²) in [5.74, 6) is -4.03. The molecule has 0 aliphatic rings. The van der Waals surface area contributed by atoms with Crippen molar-refractivity contribution in [2.24, 2.45) is 5.73 Å². The maximum Gasteiger partial charge on any atom is 0.196 e. The lowest BCUT2D eigenvalue weighted by molar-refractivity contribution is 0.442. The lowest BCUT2D eigenvalue weighted by Crippen LogP contribution is -2.02. The number of aromatic nitrogens is 3. The zero-order chi connectivity index (χ0) is 13.8. The molecule has 1 heterocycles. The minimum Gasteiger partial charge on any atom is -0.330 e. The van der Waals surface area contributed by atoms with Crippen LogP contribution in [0.15, 0.2) is 18.3 Å². The van der Waals surface area contributed by atoms with E-state index in [0.29, 0.717) is 18.7 Å². The van der Waals surface area contributed by atoms with Crippen molar-refractivity contribution in [3.63, 3.8) is 0 Å². The number of halogens is 3. The second-order valence-electron chi connectivity index (χ2n) is 4.09. The van der Waals surface area contributed by atoms with Crippen LogP contribution in [0.3, 0.4) is 0 Å². The van der Waals surface area contributed by atoms with E-state index in [-0.39, 0.29) is 5.69 Å². The zero-order valence-corrected chi connectivity index (χ0v) is 10.1. The summed E-state index contributed by atoms with van der Waals surface area (Å²) in [7, 11) is 0. The van der Waals surface area contributed by atoms with Gasteiger partial charge < -0.3 is 5.73 Å². The fraction of sp³-hybridized carbons (Fsp3) is 0.333. The Bertz CT molecular complexity index is 568. The van der Waals surface area contributed by atoms with Crippen molar-refractivity contribution in [3.8, 4) is 5.69 Å². The molecule has 0 spiro atoms. The van der Waals surface area contributed by atoms with E-state index in [1.165, 1.54) is 6.20 Å². The van der Waals surface area contributed by atoms with Gasteiger partial charge in [0, 0.05) is 0 Å². The Morgan fingerprint density at radius 1 is 1.11 bits per heavy atom. The number of hydrogen-bond donors (Lipinski definition) is 1. The number of benzene rings is 1. The summed E-state index contributed by atoms with van der Waals surface area (Å²) in [5, 5.41) is 7.55. The van der Waals surface area contributed by atoms with Crippen molar-refractivity contribution < 1.29 is 13.2 Å². The molecule has 2 N–H and O–H groups in total. The normalized spacial score (nSPS) is 10.9. The van der Waals surface area contributed by atoms with Crippen molar-refractivity contribution in [2.45, 2.75) is 19.3 Å². The molecule has 0 saturated heterocycles. The smallest absolute Gasteiger partial charge is 0.196 e. The molecule has 7 heteroatoms. The first-order chi connectivity index (χ1) is 9.13. The highest BCUT2D eigenvalue weighted by Gasteiger charge is 2.15. The molecule has 0 aliphatic heterocycles. The Balaban J connectivity index is 2.21. The summed E-state index contributed by atoms with van der Waals surface area (Å²) < 4.78 is 40.6. The Hall–Kier alpha value is -1.89. The predicted octanol–water partition coefficient (Wildman–Crippen LogP) is 1.97. The van der Waals surface area contributed by atoms with Crippen LogP contribution in [0.1, 0.15) is 18.5 Å². The van der Waals surface area contributed by atoms with Gasteiger partial charge in [-0.05, 0) is 37.9 Å². The number of unbranched alkanes of at least 4 members (excludes halogenated alkanes) is 1. The SMILES string of the molecule is NCCCCc1cn(-c2ccc(F)c(F)c2F)nn1. The minimum absolute atomic E-state index is 0.170. The fourth-order valence-electron chi connectivity index (χ4n) is 1.67. The molecule has 1 aromatic carbocycles. The molecule has 102 valence electrons. The molecule has 0 bridgehead atoms. The van der Waals surface area contributed by atoms with Crippen molar-refractivity contribution >= 4 is 0 Å². The number of aryl methyl sites for hydroxylation is 1. The van der Waals surface area contributed by atoms with Gasteiger partial charge >= 0.3 is 0 Å². The Labute approximate surface area is 108 Å². The van der Waals surface area contributed by atoms with Crippen LogP contribution in [0.4, 0.5) is 13.2 Å². The van der Waals surface area contributed by atoms with Crippen LogP contribution in [-0.2, 0) is 6.42 Å². The van der Waals surface area contributed by atoms with E-state index in [2.05, 4.69) is 10.3 Å². The number of rotatable bonds is 5. The molecule has 0 unspecified atom stereocenters. The molecule has 0 aliphatic carbocycles. The van der Waals surface area contributed by atoms with E-state index in [9.17, 15) is 13.2 Å². The molecule has 0 amide bonds. The third-order valence-corrected chi connectivity index (χ3v) is 2.69. The van der Waals surface area contributed by atoms with E-state index < -0.39 is 17.5 Å². The van der Waals surface area contributed by atoms with Gasteiger partial charge in [-0.15, -0.1) is 5.10 Å². The van der Waals surface area contributed by atoms with Gasteiger partial charge in [-0.2, -0.15) is 0 Å². The molecular weight excluding hydrogens is 257 g/mol. The highest BCUT2D eigenvalue weighted by Crippen LogP contribution is 2.18. The lowest BCUT2D eigenvalue weighted by atomic mass is 10.2. The first-order valence-electron chi connectivity index (χ1n) is 5.88. The van der Waals surface area contributed by atoms with Gasteiger partial charge in [-0.3, -0.25) is 0 Å². The monoisotopic (exact) mass is 270 g/mol. The average Bonchev–Trinajstić information content (AvgIpc) is 2.85. The quantitative estimate of drug-likeness (QED) is 0.667. The molecule has 19 heavy (non-hydrogen) atoms. The minimum atomic E-state index is -1.52. The van der Waals surface area contributed by atoms with Crippen molar-refractivity contribution in [1.82, 2.24) is 15.0 Å². The Kier molecular flexibility index (Phi) is 4.16. The van der Waals surface area contributed by atoms with E-state index in [0.717, 1.165) is 29.7 Å². The van der Waals surface area contributed by atoms with E-state index in [4.69, 9.17) is 5.73 Å². The largest absolute Gasteiger partial charge is 0.330 e. The summed E-state index contributed by atoms with van der Waals surface area (Å²) in [4.78, 5) is 0. The van der Waals surface area contributed by atoms with Gasteiger partial charge in [0.2, 0.25) is 0 Å². The molecule has 2 rings (SSSR count). The molecule has 0 atom stereocenters. The molecule has 1 aromatic heterocycles. The fourth-order valence-corrected chi connectivity index (χ4v) is 1.67. The first-order valence-corrected chi connectivity index (χ1v) is 5.88. The van der Waals surface area contributed by atoms with E-state index in [1.54, 1.807) is 0 Å². The topological polar surface area (TPSA) is 56.7 Å². The van der Waals surface area contributed by atoms with Crippen molar-refractivity contribution in [3.05, 3.63) is 41.5 Å². The van der Waals surface area contributed by atoms with Crippen molar-refractivity contribution in [2.75, 3.05) is 6.54 Å². The number of nitrogens with two attached hydrogens (primary N) is 1. The standard InChI is InChI=1S/C12H13F3N4/c13-9-4-5-10(12(15)11(9)14)19-7-8(17-18-19)3-1-2-6-16/h4-5,7H,1-3,6,16H2. The molecule has 4 nitrogen and oxygen atoms in total. The zero-order valence-electron chi connectivity index (χ0n) is 10.1. The van der Waals surface area contributed by atoms with Crippen LogP contribution in [0, 0.1) is 17.5 Å². The molecule has 0 radical (unpaired) electrons. The number of nitrogens with zero attached hydrogens (tertiary/aromatic N) is 3. The molecular formula is C12H13F3N4. The third-order valence-electron chi connectivity index (χ3n) is 2.69. The average molecular weight is 270 g/mol. The summed E-state index contributed by atoms with van der Waals surface area (Å²) in [5.41, 5.74) is 5.85. The highest BCUT2D eigenvalue weighted by molar-refractivity contribution is 5.33. The van der Waals surface area contributed by atoms with Crippen LogP contribution < -0.4 is 5.73 Å². The summed E-state index contributed by atoms with van der Waals surface area (Å²) in [6, 6.07) is 1.97. The van der Waals surface area contributed by atoms with Crippen LogP contribution in [0.5, 0.6) is 0 Å². The van der Waals surface area contributed by atoms with Gasteiger partial charge in [-0.1, -0.05) is 5.21 Å². The Morgan fingerprint density at radius 2 is 1.89 bits per heavy atom. The maximum absolute atomic E-state index is 13.5. The van der Waals surface area contributed by atoms with Gasteiger partial charge in [0.05, 0.1) is 11.9 Å². The Morgan fingerprint density at radius 3 is 2.63 bits per heavy atom. The van der Waals surface area contributed by atoms with E-state index in [1.807, 2.05) is 0 Å².